The first-order valence-electron chi connectivity index (χ1n) is 11.1. The summed E-state index contributed by atoms with van der Waals surface area (Å²) >= 11 is 0. The average molecular weight is 472 g/mol. The van der Waals surface area contributed by atoms with Crippen LogP contribution in [0.25, 0.3) is 0 Å². The molecule has 182 valence electrons. The molecule has 0 spiro atoms. The molecule has 2 atom stereocenters. The lowest BCUT2D eigenvalue weighted by molar-refractivity contribution is -0.289. The number of benzene rings is 1. The van der Waals surface area contributed by atoms with E-state index < -0.39 is 29.9 Å². The molecule has 0 aliphatic heterocycles. The van der Waals surface area contributed by atoms with Gasteiger partial charge in [0.2, 0.25) is 0 Å². The fourth-order valence-electron chi connectivity index (χ4n) is 4.75. The number of nitrogens with zero attached hydrogens (tertiary/aromatic N) is 1. The molecular formula is C25H30F5NO2. The Morgan fingerprint density at radius 3 is 2.15 bits per heavy atom. The minimum atomic E-state index is -5.71. The molecular weight excluding hydrogens is 441 g/mol. The Morgan fingerprint density at radius 2 is 1.67 bits per heavy atom. The Labute approximate surface area is 190 Å². The number of hydrogen-bond donors (Lipinski definition) is 2. The highest BCUT2D eigenvalue weighted by molar-refractivity contribution is 5.48. The molecule has 2 N–H and O–H groups in total. The molecule has 1 aromatic heterocycles. The quantitative estimate of drug-likeness (QED) is 0.489. The van der Waals surface area contributed by atoms with Crippen LogP contribution in [0.1, 0.15) is 98.4 Å². The maximum absolute atomic E-state index is 13.7. The van der Waals surface area contributed by atoms with Crippen molar-refractivity contribution in [3.63, 3.8) is 0 Å². The third-order valence-corrected chi connectivity index (χ3v) is 6.34. The number of halogens is 5. The van der Waals surface area contributed by atoms with Gasteiger partial charge in [0.05, 0.1) is 6.10 Å². The molecule has 1 aromatic carbocycles. The molecule has 1 aliphatic carbocycles. The second-order valence-corrected chi connectivity index (χ2v) is 9.92. The van der Waals surface area contributed by atoms with Crippen molar-refractivity contribution in [3.8, 4) is 0 Å². The molecule has 0 fully saturated rings. The zero-order chi connectivity index (χ0) is 24.9. The van der Waals surface area contributed by atoms with Crippen LogP contribution in [0.5, 0.6) is 0 Å². The van der Waals surface area contributed by atoms with Crippen LogP contribution in [0.3, 0.4) is 0 Å². The van der Waals surface area contributed by atoms with Crippen molar-refractivity contribution < 1.29 is 32.2 Å². The molecule has 8 heteroatoms. The van der Waals surface area contributed by atoms with Gasteiger partial charge in [0.25, 0.3) is 0 Å². The highest BCUT2D eigenvalue weighted by atomic mass is 19.4. The molecule has 0 amide bonds. The summed E-state index contributed by atoms with van der Waals surface area (Å²) in [6.45, 7) is 9.85. The van der Waals surface area contributed by atoms with E-state index in [4.69, 9.17) is 4.98 Å². The van der Waals surface area contributed by atoms with E-state index in [1.165, 1.54) is 0 Å². The van der Waals surface area contributed by atoms with Crippen LogP contribution in [0.15, 0.2) is 24.3 Å². The zero-order valence-electron chi connectivity index (χ0n) is 19.4. The first-order valence-corrected chi connectivity index (χ1v) is 11.1. The van der Waals surface area contributed by atoms with E-state index in [0.29, 0.717) is 48.2 Å². The van der Waals surface area contributed by atoms with Crippen molar-refractivity contribution in [2.45, 2.75) is 84.1 Å². The van der Waals surface area contributed by atoms with Gasteiger partial charge < -0.3 is 10.2 Å². The Kier molecular flexibility index (Phi) is 6.68. The summed E-state index contributed by atoms with van der Waals surface area (Å²) in [5.41, 5.74) is 2.20. The van der Waals surface area contributed by atoms with E-state index >= 15 is 0 Å². The summed E-state index contributed by atoms with van der Waals surface area (Å²) in [5.74, 6) is -5.07. The molecule has 3 rings (SSSR count). The summed E-state index contributed by atoms with van der Waals surface area (Å²) in [7, 11) is 0. The highest BCUT2D eigenvalue weighted by Gasteiger charge is 2.58. The van der Waals surface area contributed by atoms with Crippen LogP contribution in [0.4, 0.5) is 22.0 Å². The van der Waals surface area contributed by atoms with Gasteiger partial charge in [-0.2, -0.15) is 22.0 Å². The number of alkyl halides is 5. The van der Waals surface area contributed by atoms with E-state index in [0.717, 1.165) is 23.4 Å². The van der Waals surface area contributed by atoms with Gasteiger partial charge in [0, 0.05) is 28.1 Å². The Morgan fingerprint density at radius 1 is 1.09 bits per heavy atom. The van der Waals surface area contributed by atoms with Crippen molar-refractivity contribution in [3.05, 3.63) is 63.5 Å². The van der Waals surface area contributed by atoms with E-state index in [2.05, 4.69) is 13.8 Å². The molecule has 3 nitrogen and oxygen atoms in total. The molecule has 1 heterocycles. The van der Waals surface area contributed by atoms with Gasteiger partial charge in [0.1, 0.15) is 6.10 Å². The molecule has 0 bridgehead atoms. The van der Waals surface area contributed by atoms with E-state index in [1.807, 2.05) is 20.8 Å². The Hall–Kier alpha value is -2.06. The minimum Gasteiger partial charge on any atom is -0.388 e. The first kappa shape index (κ1) is 25.6. The number of hydrogen-bond acceptors (Lipinski definition) is 3. The fourth-order valence-corrected chi connectivity index (χ4v) is 4.75. The zero-order valence-corrected chi connectivity index (χ0v) is 19.4. The number of aliphatic hydroxyl groups is 2. The summed E-state index contributed by atoms with van der Waals surface area (Å²) in [6.07, 6.45) is -6.05. The van der Waals surface area contributed by atoms with Gasteiger partial charge in [-0.15, -0.1) is 0 Å². The van der Waals surface area contributed by atoms with Crippen LogP contribution in [-0.4, -0.2) is 21.4 Å². The van der Waals surface area contributed by atoms with Crippen LogP contribution in [0, 0.1) is 5.41 Å². The predicted octanol–water partition coefficient (Wildman–Crippen LogP) is 6.51. The van der Waals surface area contributed by atoms with E-state index in [1.54, 1.807) is 0 Å². The number of aromatic nitrogens is 1. The summed E-state index contributed by atoms with van der Waals surface area (Å²) in [4.78, 5) is 4.81. The maximum atomic E-state index is 13.7. The van der Waals surface area contributed by atoms with Crippen molar-refractivity contribution in [1.82, 2.24) is 4.98 Å². The molecule has 33 heavy (non-hydrogen) atoms. The minimum absolute atomic E-state index is 0.0822. The molecule has 0 radical (unpaired) electrons. The fraction of sp³-hybridized carbons (Fsp3) is 0.560. The summed E-state index contributed by atoms with van der Waals surface area (Å²) < 4.78 is 65.5. The van der Waals surface area contributed by atoms with Gasteiger partial charge >= 0.3 is 12.1 Å². The number of aliphatic hydroxyl groups excluding tert-OH is 2. The third-order valence-electron chi connectivity index (χ3n) is 6.34. The average Bonchev–Trinajstić information content (AvgIpc) is 2.70. The monoisotopic (exact) mass is 471 g/mol. The van der Waals surface area contributed by atoms with Gasteiger partial charge in [-0.3, -0.25) is 4.98 Å². The summed E-state index contributed by atoms with van der Waals surface area (Å²) in [5, 5.41) is 22.2. The van der Waals surface area contributed by atoms with E-state index in [9.17, 15) is 32.2 Å². The molecule has 1 unspecified atom stereocenters. The van der Waals surface area contributed by atoms with Gasteiger partial charge in [-0.1, -0.05) is 58.9 Å². The van der Waals surface area contributed by atoms with E-state index in [-0.39, 0.29) is 16.9 Å². The Balaban J connectivity index is 2.13. The molecule has 0 saturated heterocycles. The van der Waals surface area contributed by atoms with Crippen molar-refractivity contribution in [1.29, 1.82) is 0 Å². The number of fused-ring (bicyclic) bond motifs is 1. The van der Waals surface area contributed by atoms with Crippen LogP contribution >= 0.6 is 0 Å². The lowest BCUT2D eigenvalue weighted by atomic mass is 9.72. The lowest BCUT2D eigenvalue weighted by Gasteiger charge is -2.37. The second kappa shape index (κ2) is 8.62. The molecule has 1 aliphatic rings. The Bertz CT molecular complexity index is 1010. The first-order chi connectivity index (χ1) is 15.1. The SMILES string of the molecule is CCc1c2c(nc(C(C)C)c1[C@@H](O)c1ccc(C(F)(F)C(F)(F)F)cc1)CC(C)(C)CC2O. The third kappa shape index (κ3) is 4.64. The molecule has 2 aromatic rings. The number of rotatable bonds is 5. The smallest absolute Gasteiger partial charge is 0.388 e. The van der Waals surface area contributed by atoms with Gasteiger partial charge in [0.15, 0.2) is 0 Å². The van der Waals surface area contributed by atoms with Gasteiger partial charge in [-0.25, -0.2) is 0 Å². The lowest BCUT2D eigenvalue weighted by Crippen LogP contribution is -2.33. The van der Waals surface area contributed by atoms with Crippen LogP contribution in [-0.2, 0) is 18.8 Å². The highest BCUT2D eigenvalue weighted by Crippen LogP contribution is 2.46. The van der Waals surface area contributed by atoms with Crippen LogP contribution in [0.2, 0.25) is 0 Å². The normalized spacial score (nSPS) is 19.5. The second-order valence-electron chi connectivity index (χ2n) is 9.92. The largest absolute Gasteiger partial charge is 0.458 e. The predicted molar refractivity (Wildman–Crippen MR) is 115 cm³/mol. The van der Waals surface area contributed by atoms with Crippen molar-refractivity contribution in [2.75, 3.05) is 0 Å². The van der Waals surface area contributed by atoms with Crippen molar-refractivity contribution in [2.24, 2.45) is 5.41 Å². The van der Waals surface area contributed by atoms with Crippen LogP contribution < -0.4 is 0 Å². The standard InChI is InChI=1S/C25H30F5NO2/c1-6-16-19-17(11-23(4,5)12-18(19)32)31-21(13(2)3)20(16)22(33)14-7-9-15(10-8-14)24(26,27)25(28,29)30/h7-10,13,18,22,32-33H,6,11-12H2,1-5H3/t18?,22-/m0/s1. The van der Waals surface area contributed by atoms with Gasteiger partial charge in [-0.05, 0) is 41.7 Å². The topological polar surface area (TPSA) is 53.4 Å². The number of pyridine rings is 1. The summed E-state index contributed by atoms with van der Waals surface area (Å²) in [6, 6.07) is 3.55. The molecule has 0 saturated carbocycles. The maximum Gasteiger partial charge on any atom is 0.458 e. The van der Waals surface area contributed by atoms with Crippen molar-refractivity contribution >= 4 is 0 Å².